The lowest BCUT2D eigenvalue weighted by molar-refractivity contribution is -0.122. The molecule has 17 heavy (non-hydrogen) atoms. The van der Waals surface area contributed by atoms with E-state index in [9.17, 15) is 4.79 Å². The van der Waals surface area contributed by atoms with Crippen LogP contribution in [0, 0.1) is 0 Å². The van der Waals surface area contributed by atoms with Crippen molar-refractivity contribution >= 4 is 16.6 Å². The Balaban J connectivity index is 2.46. The largest absolute Gasteiger partial charge is 0.299 e. The number of hydrogen-bond acceptors (Lipinski definition) is 1. The Hall–Kier alpha value is -1.63. The lowest BCUT2D eigenvalue weighted by Crippen LogP contribution is -2.32. The van der Waals surface area contributed by atoms with Gasteiger partial charge in [-0.3, -0.25) is 4.79 Å². The maximum absolute atomic E-state index is 12.1. The summed E-state index contributed by atoms with van der Waals surface area (Å²) in [6, 6.07) is 12.7. The van der Waals surface area contributed by atoms with Gasteiger partial charge in [0.05, 0.1) is 5.41 Å². The fraction of sp³-hybridized carbons (Fsp3) is 0.312. The van der Waals surface area contributed by atoms with Gasteiger partial charge in [0.15, 0.2) is 0 Å². The molecule has 0 saturated carbocycles. The van der Waals surface area contributed by atoms with E-state index < -0.39 is 0 Å². The highest BCUT2D eigenvalue weighted by Crippen LogP contribution is 2.50. The molecule has 0 saturated heterocycles. The summed E-state index contributed by atoms with van der Waals surface area (Å²) in [5, 5.41) is 2.54. The maximum Gasteiger partial charge on any atom is 0.140 e. The second kappa shape index (κ2) is 3.19. The van der Waals surface area contributed by atoms with Crippen molar-refractivity contribution in [2.24, 2.45) is 0 Å². The Morgan fingerprint density at radius 1 is 1.18 bits per heavy atom. The van der Waals surface area contributed by atoms with E-state index in [1.165, 1.54) is 21.9 Å². The van der Waals surface area contributed by atoms with Crippen LogP contribution in [0.4, 0.5) is 0 Å². The Bertz CT molecular complexity index is 621. The van der Waals surface area contributed by atoms with Crippen LogP contribution in [0.5, 0.6) is 0 Å². The lowest BCUT2D eigenvalue weighted by atomic mass is 9.73. The van der Waals surface area contributed by atoms with E-state index in [1.807, 2.05) is 0 Å². The van der Waals surface area contributed by atoms with E-state index in [0.717, 1.165) is 0 Å². The first-order valence-electron chi connectivity index (χ1n) is 6.10. The number of carbonyl (C=O) groups is 1. The van der Waals surface area contributed by atoms with Gasteiger partial charge in [-0.05, 0) is 41.7 Å². The second-order valence-electron chi connectivity index (χ2n) is 5.23. The molecular weight excluding hydrogens is 208 g/mol. The maximum atomic E-state index is 12.1. The van der Waals surface area contributed by atoms with Crippen LogP contribution in [0.3, 0.4) is 0 Å². The molecule has 0 aliphatic heterocycles. The van der Waals surface area contributed by atoms with Crippen molar-refractivity contribution in [2.75, 3.05) is 0 Å². The fourth-order valence-corrected chi connectivity index (χ4v) is 3.20. The van der Waals surface area contributed by atoms with Crippen LogP contribution < -0.4 is 0 Å². The zero-order chi connectivity index (χ0) is 12.2. The third kappa shape index (κ3) is 1.12. The average Bonchev–Trinajstić information content (AvgIpc) is 2.56. The molecule has 1 aliphatic carbocycles. The van der Waals surface area contributed by atoms with E-state index in [2.05, 4.69) is 50.2 Å². The van der Waals surface area contributed by atoms with Gasteiger partial charge in [-0.15, -0.1) is 0 Å². The normalized spacial score (nSPS) is 26.4. The second-order valence-corrected chi connectivity index (χ2v) is 5.23. The van der Waals surface area contributed by atoms with Crippen LogP contribution in [-0.2, 0) is 10.2 Å². The number of carbonyl (C=O) groups excluding carboxylic acids is 1. The molecule has 3 rings (SSSR count). The minimum atomic E-state index is -0.358. The number of rotatable bonds is 1. The standard InChI is InChI=1S/C16H16O/c1-10-13-8-4-6-12-7-5-9-14(15(12)13)16(10,3)11(2)17/h4-10H,1-3H3/t10-,16+/m1/s1. The third-order valence-electron chi connectivity index (χ3n) is 4.56. The monoisotopic (exact) mass is 224 g/mol. The van der Waals surface area contributed by atoms with Crippen molar-refractivity contribution in [3.8, 4) is 0 Å². The van der Waals surface area contributed by atoms with Crippen LogP contribution >= 0.6 is 0 Å². The third-order valence-corrected chi connectivity index (χ3v) is 4.56. The molecule has 0 aromatic heterocycles. The van der Waals surface area contributed by atoms with Gasteiger partial charge < -0.3 is 0 Å². The van der Waals surface area contributed by atoms with Gasteiger partial charge in [-0.25, -0.2) is 0 Å². The molecule has 86 valence electrons. The topological polar surface area (TPSA) is 17.1 Å². The SMILES string of the molecule is CC(=O)[C@@]1(C)c2cccc3cccc(c23)[C@H]1C. The molecule has 2 aromatic rings. The van der Waals surface area contributed by atoms with Crippen LogP contribution in [0.25, 0.3) is 10.8 Å². The number of benzene rings is 2. The van der Waals surface area contributed by atoms with E-state index in [-0.39, 0.29) is 17.1 Å². The summed E-state index contributed by atoms with van der Waals surface area (Å²) in [5.74, 6) is 0.523. The fourth-order valence-electron chi connectivity index (χ4n) is 3.20. The summed E-state index contributed by atoms with van der Waals surface area (Å²) >= 11 is 0. The molecule has 0 unspecified atom stereocenters. The van der Waals surface area contributed by atoms with E-state index in [1.54, 1.807) is 6.92 Å². The Labute approximate surface area is 101 Å². The zero-order valence-electron chi connectivity index (χ0n) is 10.4. The molecule has 1 heteroatoms. The predicted molar refractivity (Wildman–Crippen MR) is 70.4 cm³/mol. The Morgan fingerprint density at radius 2 is 1.82 bits per heavy atom. The average molecular weight is 224 g/mol. The summed E-state index contributed by atoms with van der Waals surface area (Å²) in [5.41, 5.74) is 2.16. The summed E-state index contributed by atoms with van der Waals surface area (Å²) in [4.78, 5) is 12.1. The van der Waals surface area contributed by atoms with Crippen molar-refractivity contribution in [3.05, 3.63) is 47.5 Å². The number of hydrogen-bond donors (Lipinski definition) is 0. The smallest absolute Gasteiger partial charge is 0.140 e. The van der Waals surface area contributed by atoms with Crippen LogP contribution in [0.15, 0.2) is 36.4 Å². The molecule has 0 fully saturated rings. The zero-order valence-corrected chi connectivity index (χ0v) is 10.4. The summed E-state index contributed by atoms with van der Waals surface area (Å²) in [7, 11) is 0. The highest BCUT2D eigenvalue weighted by molar-refractivity contribution is 6.01. The van der Waals surface area contributed by atoms with Gasteiger partial charge in [0.1, 0.15) is 5.78 Å². The minimum Gasteiger partial charge on any atom is -0.299 e. The van der Waals surface area contributed by atoms with Crippen LogP contribution in [0.1, 0.15) is 37.8 Å². The molecule has 0 spiro atoms. The van der Waals surface area contributed by atoms with Crippen molar-refractivity contribution < 1.29 is 4.79 Å². The molecule has 0 N–H and O–H groups in total. The van der Waals surface area contributed by atoms with Gasteiger partial charge in [0, 0.05) is 0 Å². The van der Waals surface area contributed by atoms with Crippen molar-refractivity contribution in [1.82, 2.24) is 0 Å². The Morgan fingerprint density at radius 3 is 2.47 bits per heavy atom. The molecule has 2 atom stereocenters. The molecule has 0 heterocycles. The first kappa shape index (κ1) is 10.5. The quantitative estimate of drug-likeness (QED) is 0.720. The van der Waals surface area contributed by atoms with Gasteiger partial charge >= 0.3 is 0 Å². The highest BCUT2D eigenvalue weighted by atomic mass is 16.1. The van der Waals surface area contributed by atoms with Gasteiger partial charge in [-0.2, -0.15) is 0 Å². The first-order chi connectivity index (χ1) is 8.06. The molecule has 0 amide bonds. The van der Waals surface area contributed by atoms with E-state index in [0.29, 0.717) is 0 Å². The summed E-state index contributed by atoms with van der Waals surface area (Å²) < 4.78 is 0. The first-order valence-corrected chi connectivity index (χ1v) is 6.10. The van der Waals surface area contributed by atoms with Crippen LogP contribution in [-0.4, -0.2) is 5.78 Å². The van der Waals surface area contributed by atoms with Crippen LogP contribution in [0.2, 0.25) is 0 Å². The number of ketones is 1. The van der Waals surface area contributed by atoms with Crippen molar-refractivity contribution in [2.45, 2.75) is 32.1 Å². The van der Waals surface area contributed by atoms with Crippen molar-refractivity contribution in [3.63, 3.8) is 0 Å². The number of Topliss-reactive ketones (excluding diaryl/α,β-unsaturated/α-hetero) is 1. The molecule has 1 nitrogen and oxygen atoms in total. The van der Waals surface area contributed by atoms with Crippen molar-refractivity contribution in [1.29, 1.82) is 0 Å². The van der Waals surface area contributed by atoms with Gasteiger partial charge in [0.2, 0.25) is 0 Å². The highest BCUT2D eigenvalue weighted by Gasteiger charge is 2.45. The predicted octanol–water partition coefficient (Wildman–Crippen LogP) is 3.80. The minimum absolute atomic E-state index is 0.258. The van der Waals surface area contributed by atoms with E-state index in [4.69, 9.17) is 0 Å². The molecule has 0 radical (unpaired) electrons. The molecular formula is C16H16O. The van der Waals surface area contributed by atoms with Gasteiger partial charge in [0.25, 0.3) is 0 Å². The summed E-state index contributed by atoms with van der Waals surface area (Å²) in [6.45, 7) is 5.95. The lowest BCUT2D eigenvalue weighted by Gasteiger charge is -2.28. The van der Waals surface area contributed by atoms with Gasteiger partial charge in [-0.1, -0.05) is 43.3 Å². The molecule has 1 aliphatic rings. The molecule has 2 aromatic carbocycles. The summed E-state index contributed by atoms with van der Waals surface area (Å²) in [6.07, 6.45) is 0. The van der Waals surface area contributed by atoms with E-state index >= 15 is 0 Å². The Kier molecular flexibility index (Phi) is 1.97. The molecule has 0 bridgehead atoms.